The highest BCUT2D eigenvalue weighted by Gasteiger charge is 2.15. The molecule has 0 aliphatic heterocycles. The molecule has 0 saturated heterocycles. The van der Waals surface area contributed by atoms with Gasteiger partial charge in [0, 0.05) is 17.7 Å². The minimum absolute atomic E-state index is 0.0750. The van der Waals surface area contributed by atoms with Gasteiger partial charge in [0.1, 0.15) is 5.75 Å². The molecule has 0 spiro atoms. The fourth-order valence-electron chi connectivity index (χ4n) is 2.38. The summed E-state index contributed by atoms with van der Waals surface area (Å²) in [5, 5.41) is 18.2. The van der Waals surface area contributed by atoms with Gasteiger partial charge in [-0.25, -0.2) is 4.98 Å². The van der Waals surface area contributed by atoms with E-state index in [1.54, 1.807) is 6.07 Å². The number of ether oxygens (including phenoxy) is 1. The lowest BCUT2D eigenvalue weighted by Gasteiger charge is -2.06. The van der Waals surface area contributed by atoms with E-state index in [-0.39, 0.29) is 22.8 Å². The number of aromatic amines is 1. The maximum Gasteiger partial charge on any atom is 0.270 e. The lowest BCUT2D eigenvalue weighted by molar-refractivity contribution is -0.384. The molecule has 1 heterocycles. The predicted molar refractivity (Wildman–Crippen MR) is 101 cm³/mol. The average molecular weight is 384 g/mol. The fraction of sp³-hybridized carbons (Fsp3) is 0.167. The Bertz CT molecular complexity index is 973. The molecule has 2 aromatic carbocycles. The van der Waals surface area contributed by atoms with Gasteiger partial charge in [-0.3, -0.25) is 20.0 Å². The third kappa shape index (κ3) is 4.50. The van der Waals surface area contributed by atoms with Gasteiger partial charge in [0.2, 0.25) is 5.16 Å². The summed E-state index contributed by atoms with van der Waals surface area (Å²) >= 11 is 1.16. The number of para-hydroxylation sites is 1. The maximum atomic E-state index is 12.3. The fourth-order valence-corrected chi connectivity index (χ4v) is 3.07. The number of non-ortho nitro benzene ring substituents is 1. The van der Waals surface area contributed by atoms with E-state index in [2.05, 4.69) is 15.2 Å². The van der Waals surface area contributed by atoms with Crippen LogP contribution in [0, 0.1) is 10.1 Å². The average Bonchev–Trinajstić information content (AvgIpc) is 3.15. The summed E-state index contributed by atoms with van der Waals surface area (Å²) in [6, 6.07) is 13.1. The second kappa shape index (κ2) is 8.45. The van der Waals surface area contributed by atoms with Crippen molar-refractivity contribution in [3.05, 3.63) is 64.2 Å². The van der Waals surface area contributed by atoms with Crippen molar-refractivity contribution in [2.24, 2.45) is 0 Å². The molecule has 0 unspecified atom stereocenters. The molecule has 0 fully saturated rings. The van der Waals surface area contributed by atoms with Crippen molar-refractivity contribution in [1.82, 2.24) is 15.2 Å². The van der Waals surface area contributed by atoms with Crippen molar-refractivity contribution < 1.29 is 14.5 Å². The van der Waals surface area contributed by atoms with Crippen LogP contribution in [0.1, 0.15) is 17.3 Å². The van der Waals surface area contributed by atoms with Crippen molar-refractivity contribution >= 4 is 23.2 Å². The van der Waals surface area contributed by atoms with Gasteiger partial charge in [-0.05, 0) is 19.1 Å². The van der Waals surface area contributed by atoms with Crippen LogP contribution in [0.3, 0.4) is 0 Å². The summed E-state index contributed by atoms with van der Waals surface area (Å²) in [5.74, 6) is 1.08. The van der Waals surface area contributed by atoms with E-state index >= 15 is 0 Å². The van der Waals surface area contributed by atoms with E-state index in [9.17, 15) is 14.9 Å². The lowest BCUT2D eigenvalue weighted by Crippen LogP contribution is -2.03. The molecule has 0 amide bonds. The van der Waals surface area contributed by atoms with Gasteiger partial charge >= 0.3 is 0 Å². The molecule has 0 bridgehead atoms. The van der Waals surface area contributed by atoms with Gasteiger partial charge in [-0.1, -0.05) is 36.0 Å². The van der Waals surface area contributed by atoms with E-state index in [0.29, 0.717) is 23.3 Å². The van der Waals surface area contributed by atoms with Crippen LogP contribution in [0.2, 0.25) is 0 Å². The molecule has 8 nitrogen and oxygen atoms in total. The highest BCUT2D eigenvalue weighted by Crippen LogP contribution is 2.28. The number of carbonyl (C=O) groups is 1. The number of H-pyrrole nitrogens is 1. The molecule has 0 saturated carbocycles. The number of hydrogen-bond acceptors (Lipinski definition) is 7. The Kier molecular flexibility index (Phi) is 5.82. The first-order chi connectivity index (χ1) is 13.1. The van der Waals surface area contributed by atoms with Crippen molar-refractivity contribution in [1.29, 1.82) is 0 Å². The van der Waals surface area contributed by atoms with Gasteiger partial charge in [0.25, 0.3) is 5.69 Å². The number of rotatable bonds is 8. The van der Waals surface area contributed by atoms with Crippen LogP contribution in [-0.2, 0) is 0 Å². The molecule has 0 atom stereocenters. The van der Waals surface area contributed by atoms with E-state index in [0.717, 1.165) is 17.3 Å². The molecule has 1 aromatic heterocycles. The highest BCUT2D eigenvalue weighted by molar-refractivity contribution is 7.99. The number of carbonyl (C=O) groups excluding carboxylic acids is 1. The van der Waals surface area contributed by atoms with Crippen LogP contribution in [0.5, 0.6) is 5.75 Å². The molecule has 3 rings (SSSR count). The number of nitrogens with one attached hydrogen (secondary N) is 1. The van der Waals surface area contributed by atoms with Gasteiger partial charge in [-0.2, -0.15) is 0 Å². The van der Waals surface area contributed by atoms with E-state index in [1.165, 1.54) is 18.2 Å². The summed E-state index contributed by atoms with van der Waals surface area (Å²) in [6.45, 7) is 2.43. The van der Waals surface area contributed by atoms with Gasteiger partial charge in [0.15, 0.2) is 11.6 Å². The molecule has 27 heavy (non-hydrogen) atoms. The molecular weight excluding hydrogens is 368 g/mol. The molecule has 0 radical (unpaired) electrons. The molecule has 0 aliphatic rings. The monoisotopic (exact) mass is 384 g/mol. The first kappa shape index (κ1) is 18.6. The van der Waals surface area contributed by atoms with Crippen molar-refractivity contribution in [2.45, 2.75) is 12.1 Å². The second-order valence-corrected chi connectivity index (χ2v) is 6.36. The van der Waals surface area contributed by atoms with E-state index in [4.69, 9.17) is 4.74 Å². The van der Waals surface area contributed by atoms with Gasteiger partial charge < -0.3 is 4.74 Å². The lowest BCUT2D eigenvalue weighted by atomic mass is 10.1. The minimum Gasteiger partial charge on any atom is -0.493 e. The van der Waals surface area contributed by atoms with Crippen LogP contribution in [0.25, 0.3) is 11.4 Å². The Morgan fingerprint density at radius 1 is 1.26 bits per heavy atom. The first-order valence-corrected chi connectivity index (χ1v) is 9.12. The minimum atomic E-state index is -0.527. The topological polar surface area (TPSA) is 111 Å². The molecule has 9 heteroatoms. The Labute approximate surface area is 159 Å². The zero-order chi connectivity index (χ0) is 19.2. The van der Waals surface area contributed by atoms with Crippen molar-refractivity contribution in [2.75, 3.05) is 12.4 Å². The quantitative estimate of drug-likeness (QED) is 0.272. The number of benzene rings is 2. The van der Waals surface area contributed by atoms with Crippen molar-refractivity contribution in [3.63, 3.8) is 0 Å². The normalized spacial score (nSPS) is 10.6. The second-order valence-electron chi connectivity index (χ2n) is 5.42. The summed E-state index contributed by atoms with van der Waals surface area (Å²) in [5.41, 5.74) is 0.955. The smallest absolute Gasteiger partial charge is 0.270 e. The third-order valence-electron chi connectivity index (χ3n) is 3.62. The SMILES string of the molecule is CCOc1ccccc1-c1nc(SCC(=O)c2cccc([N+](=O)[O-])c2)n[nH]1. The number of ketones is 1. The number of hydrogen-bond donors (Lipinski definition) is 1. The number of nitro groups is 1. The standard InChI is InChI=1S/C18H16N4O4S/c1-2-26-16-9-4-3-8-14(16)17-19-18(21-20-17)27-11-15(23)12-6-5-7-13(10-12)22(24)25/h3-10H,2,11H2,1H3,(H,19,20,21). The summed E-state index contributed by atoms with van der Waals surface area (Å²) in [7, 11) is 0. The maximum absolute atomic E-state index is 12.3. The highest BCUT2D eigenvalue weighted by atomic mass is 32.2. The molecule has 1 N–H and O–H groups in total. The Balaban J connectivity index is 1.69. The van der Waals surface area contributed by atoms with Crippen LogP contribution < -0.4 is 4.74 Å². The number of nitro benzene ring substituents is 1. The summed E-state index contributed by atoms with van der Waals surface area (Å²) in [4.78, 5) is 27.0. The van der Waals surface area contributed by atoms with E-state index in [1.807, 2.05) is 31.2 Å². The number of Topliss-reactive ketones (excluding diaryl/α,β-unsaturated/α-hetero) is 1. The first-order valence-electron chi connectivity index (χ1n) is 8.13. The Morgan fingerprint density at radius 3 is 2.85 bits per heavy atom. The Morgan fingerprint density at radius 2 is 2.07 bits per heavy atom. The Hall–Kier alpha value is -3.20. The van der Waals surface area contributed by atoms with Gasteiger partial charge in [0.05, 0.1) is 22.8 Å². The van der Waals surface area contributed by atoms with Gasteiger partial charge in [-0.15, -0.1) is 5.10 Å². The largest absolute Gasteiger partial charge is 0.493 e. The predicted octanol–water partition coefficient (Wildman–Crippen LogP) is 3.75. The summed E-state index contributed by atoms with van der Waals surface area (Å²) < 4.78 is 5.58. The number of nitrogens with zero attached hydrogens (tertiary/aromatic N) is 3. The van der Waals surface area contributed by atoms with Crippen LogP contribution in [0.15, 0.2) is 53.7 Å². The van der Waals surface area contributed by atoms with Crippen LogP contribution in [0.4, 0.5) is 5.69 Å². The van der Waals surface area contributed by atoms with E-state index < -0.39 is 4.92 Å². The van der Waals surface area contributed by atoms with Crippen LogP contribution >= 0.6 is 11.8 Å². The van der Waals surface area contributed by atoms with Crippen molar-refractivity contribution in [3.8, 4) is 17.1 Å². The molecule has 0 aliphatic carbocycles. The molecular formula is C18H16N4O4S. The third-order valence-corrected chi connectivity index (χ3v) is 4.47. The zero-order valence-electron chi connectivity index (χ0n) is 14.4. The number of aromatic nitrogens is 3. The summed E-state index contributed by atoms with van der Waals surface area (Å²) in [6.07, 6.45) is 0. The zero-order valence-corrected chi connectivity index (χ0v) is 15.2. The molecule has 138 valence electrons. The van der Waals surface area contributed by atoms with Crippen LogP contribution in [-0.4, -0.2) is 38.2 Å². The molecule has 3 aromatic rings. The number of thioether (sulfide) groups is 1.